The monoisotopic (exact) mass is 150 g/mol. The molecule has 0 aromatic heterocycles. The van der Waals surface area contributed by atoms with E-state index in [1.165, 1.54) is 0 Å². The van der Waals surface area contributed by atoms with Gasteiger partial charge in [-0.3, -0.25) is 0 Å². The maximum atomic E-state index is 5.18. The van der Waals surface area contributed by atoms with Crippen molar-refractivity contribution in [3.8, 4) is 0 Å². The largest absolute Gasteiger partial charge is 0.382 e. The molecule has 56 valence electrons. The maximum Gasteiger partial charge on any atom is 0.0700 e. The van der Waals surface area contributed by atoms with Crippen molar-refractivity contribution >= 4 is 9.24 Å². The molecule has 0 radical (unpaired) electrons. The molecule has 9 heavy (non-hydrogen) atoms. The van der Waals surface area contributed by atoms with Crippen molar-refractivity contribution in [3.05, 3.63) is 0 Å². The average Bonchev–Trinajstić information content (AvgIpc) is 1.89. The molecule has 0 saturated heterocycles. The quantitative estimate of drug-likeness (QED) is 0.414. The molecule has 0 fully saturated rings. The van der Waals surface area contributed by atoms with E-state index in [0.29, 0.717) is 6.61 Å². The topological polar surface area (TPSA) is 18.5 Å². The Morgan fingerprint density at radius 1 is 1.22 bits per heavy atom. The first-order chi connectivity index (χ1) is 4.41. The van der Waals surface area contributed by atoms with Crippen LogP contribution in [0.3, 0.4) is 0 Å². The van der Waals surface area contributed by atoms with Gasteiger partial charge in [-0.2, -0.15) is 0 Å². The Hall–Kier alpha value is 0.350. The Balaban J connectivity index is 2.60. The third-order valence-electron chi connectivity index (χ3n) is 0.925. The molecule has 3 heteroatoms. The molecule has 0 aromatic rings. The van der Waals surface area contributed by atoms with Crippen molar-refractivity contribution < 1.29 is 9.47 Å². The number of hydrogen-bond donors (Lipinski definition) is 0. The Bertz CT molecular complexity index is 44.3. The van der Waals surface area contributed by atoms with Gasteiger partial charge in [0.15, 0.2) is 0 Å². The van der Waals surface area contributed by atoms with Crippen LogP contribution in [0, 0.1) is 0 Å². The van der Waals surface area contributed by atoms with E-state index in [4.69, 9.17) is 9.47 Å². The van der Waals surface area contributed by atoms with Crippen molar-refractivity contribution in [2.45, 2.75) is 6.42 Å². The van der Waals surface area contributed by atoms with Gasteiger partial charge in [0.1, 0.15) is 0 Å². The summed E-state index contributed by atoms with van der Waals surface area (Å²) in [4.78, 5) is 0. The van der Waals surface area contributed by atoms with Crippen molar-refractivity contribution in [3.63, 3.8) is 0 Å². The fourth-order valence-electron chi connectivity index (χ4n) is 0.430. The number of rotatable bonds is 6. The summed E-state index contributed by atoms with van der Waals surface area (Å²) in [6, 6.07) is 0. The summed E-state index contributed by atoms with van der Waals surface area (Å²) in [5.41, 5.74) is 0. The molecule has 0 aliphatic rings. The standard InChI is InChI=1S/C6H15O2P/c1-7-4-5-8-3-2-6-9/h2-6,9H2,1H3. The molecular weight excluding hydrogens is 135 g/mol. The van der Waals surface area contributed by atoms with Crippen LogP contribution in [0.1, 0.15) is 6.42 Å². The summed E-state index contributed by atoms with van der Waals surface area (Å²) < 4.78 is 9.97. The minimum Gasteiger partial charge on any atom is -0.382 e. The van der Waals surface area contributed by atoms with Gasteiger partial charge in [0, 0.05) is 13.7 Å². The first kappa shape index (κ1) is 9.35. The fraction of sp³-hybridized carbons (Fsp3) is 1.00. The zero-order valence-electron chi connectivity index (χ0n) is 5.93. The predicted molar refractivity (Wildman–Crippen MR) is 41.9 cm³/mol. The zero-order chi connectivity index (χ0) is 6.95. The minimum absolute atomic E-state index is 0.705. The van der Waals surface area contributed by atoms with Gasteiger partial charge in [0.2, 0.25) is 0 Å². The highest BCUT2D eigenvalue weighted by Gasteiger charge is 1.84. The van der Waals surface area contributed by atoms with Crippen LogP contribution in [0.2, 0.25) is 0 Å². The van der Waals surface area contributed by atoms with E-state index in [1.54, 1.807) is 7.11 Å². The molecule has 0 aromatic carbocycles. The molecule has 0 amide bonds. The highest BCUT2D eigenvalue weighted by Crippen LogP contribution is 1.88. The second-order valence-electron chi connectivity index (χ2n) is 1.75. The van der Waals surface area contributed by atoms with E-state index in [2.05, 4.69) is 9.24 Å². The van der Waals surface area contributed by atoms with Gasteiger partial charge in [-0.15, -0.1) is 9.24 Å². The summed E-state index contributed by atoms with van der Waals surface area (Å²) in [5, 5.41) is 0. The highest BCUT2D eigenvalue weighted by atomic mass is 31.0. The van der Waals surface area contributed by atoms with E-state index in [9.17, 15) is 0 Å². The molecule has 0 aliphatic heterocycles. The lowest BCUT2D eigenvalue weighted by Crippen LogP contribution is -2.02. The molecule has 0 saturated carbocycles. The maximum absolute atomic E-state index is 5.18. The molecular formula is C6H15O2P. The second-order valence-corrected chi connectivity index (χ2v) is 2.32. The van der Waals surface area contributed by atoms with Gasteiger partial charge >= 0.3 is 0 Å². The zero-order valence-corrected chi connectivity index (χ0v) is 7.08. The Labute approximate surface area is 59.1 Å². The van der Waals surface area contributed by atoms with Gasteiger partial charge in [0.25, 0.3) is 0 Å². The third-order valence-corrected chi connectivity index (χ3v) is 1.33. The Morgan fingerprint density at radius 2 is 2.00 bits per heavy atom. The number of ether oxygens (including phenoxy) is 2. The van der Waals surface area contributed by atoms with E-state index in [-0.39, 0.29) is 0 Å². The SMILES string of the molecule is COCCOCCCP. The first-order valence-electron chi connectivity index (χ1n) is 3.18. The summed E-state index contributed by atoms with van der Waals surface area (Å²) in [7, 11) is 4.35. The van der Waals surface area contributed by atoms with Crippen molar-refractivity contribution in [1.29, 1.82) is 0 Å². The average molecular weight is 150 g/mol. The lowest BCUT2D eigenvalue weighted by molar-refractivity contribution is 0.0713. The van der Waals surface area contributed by atoms with Gasteiger partial charge in [-0.05, 0) is 12.6 Å². The van der Waals surface area contributed by atoms with E-state index < -0.39 is 0 Å². The number of methoxy groups -OCH3 is 1. The highest BCUT2D eigenvalue weighted by molar-refractivity contribution is 7.16. The number of hydrogen-bond acceptors (Lipinski definition) is 2. The van der Waals surface area contributed by atoms with Crippen molar-refractivity contribution in [2.24, 2.45) is 0 Å². The van der Waals surface area contributed by atoms with Crippen LogP contribution in [-0.2, 0) is 9.47 Å². The first-order valence-corrected chi connectivity index (χ1v) is 4.00. The van der Waals surface area contributed by atoms with Crippen LogP contribution in [-0.4, -0.2) is 33.1 Å². The van der Waals surface area contributed by atoms with Gasteiger partial charge in [0.05, 0.1) is 13.2 Å². The lowest BCUT2D eigenvalue weighted by Gasteiger charge is -2.00. The van der Waals surface area contributed by atoms with Crippen LogP contribution >= 0.6 is 9.24 Å². The summed E-state index contributed by atoms with van der Waals surface area (Å²) in [5.74, 6) is 0. The van der Waals surface area contributed by atoms with Crippen LogP contribution < -0.4 is 0 Å². The fourth-order valence-corrected chi connectivity index (χ4v) is 0.596. The molecule has 1 atom stereocenters. The molecule has 0 bridgehead atoms. The lowest BCUT2D eigenvalue weighted by atomic mass is 10.5. The second kappa shape index (κ2) is 8.35. The normalized spacial score (nSPS) is 10.0. The van der Waals surface area contributed by atoms with Crippen molar-refractivity contribution in [1.82, 2.24) is 0 Å². The van der Waals surface area contributed by atoms with E-state index in [0.717, 1.165) is 25.8 Å². The molecule has 1 unspecified atom stereocenters. The van der Waals surface area contributed by atoms with E-state index in [1.807, 2.05) is 0 Å². The van der Waals surface area contributed by atoms with Crippen LogP contribution in [0.4, 0.5) is 0 Å². The molecule has 0 aliphatic carbocycles. The van der Waals surface area contributed by atoms with Crippen LogP contribution in [0.15, 0.2) is 0 Å². The molecule has 0 N–H and O–H groups in total. The van der Waals surface area contributed by atoms with Gasteiger partial charge in [-0.1, -0.05) is 0 Å². The minimum atomic E-state index is 0.705. The van der Waals surface area contributed by atoms with Crippen LogP contribution in [0.5, 0.6) is 0 Å². The van der Waals surface area contributed by atoms with Crippen LogP contribution in [0.25, 0.3) is 0 Å². The molecule has 2 nitrogen and oxygen atoms in total. The molecule has 0 rings (SSSR count). The Morgan fingerprint density at radius 3 is 2.56 bits per heavy atom. The smallest absolute Gasteiger partial charge is 0.0700 e. The Kier molecular flexibility index (Phi) is 8.67. The molecule has 0 spiro atoms. The van der Waals surface area contributed by atoms with Gasteiger partial charge < -0.3 is 9.47 Å². The summed E-state index contributed by atoms with van der Waals surface area (Å²) in [6.07, 6.45) is 2.24. The summed E-state index contributed by atoms with van der Waals surface area (Å²) in [6.45, 7) is 2.28. The van der Waals surface area contributed by atoms with Gasteiger partial charge in [-0.25, -0.2) is 0 Å². The van der Waals surface area contributed by atoms with Crippen molar-refractivity contribution in [2.75, 3.05) is 33.1 Å². The predicted octanol–water partition coefficient (Wildman–Crippen LogP) is 0.915. The molecule has 0 heterocycles. The third kappa shape index (κ3) is 8.35. The summed E-state index contributed by atoms with van der Waals surface area (Å²) >= 11 is 0. The van der Waals surface area contributed by atoms with E-state index >= 15 is 0 Å².